The molecule has 2 nitrogen and oxygen atoms in total. The molecule has 0 aliphatic heterocycles. The van der Waals surface area contributed by atoms with Gasteiger partial charge in [0.1, 0.15) is 0 Å². The molecular formula is C13H18N2. The first-order chi connectivity index (χ1) is 7.15. The van der Waals surface area contributed by atoms with Gasteiger partial charge in [0.15, 0.2) is 0 Å². The molecule has 0 saturated heterocycles. The summed E-state index contributed by atoms with van der Waals surface area (Å²) in [5, 5.41) is 4.70. The fourth-order valence-electron chi connectivity index (χ4n) is 1.71. The van der Waals surface area contributed by atoms with Crippen LogP contribution < -0.4 is 5.32 Å². The van der Waals surface area contributed by atoms with Crippen LogP contribution in [0, 0.1) is 6.92 Å². The number of benzene rings is 1. The molecule has 0 fully saturated rings. The third-order valence-corrected chi connectivity index (χ3v) is 2.53. The minimum absolute atomic E-state index is 0.526. The van der Waals surface area contributed by atoms with Crippen LogP contribution >= 0.6 is 0 Å². The summed E-state index contributed by atoms with van der Waals surface area (Å²) < 4.78 is 0. The predicted molar refractivity (Wildman–Crippen MR) is 65.0 cm³/mol. The molecular weight excluding hydrogens is 184 g/mol. The summed E-state index contributed by atoms with van der Waals surface area (Å²) in [5.41, 5.74) is 3.78. The minimum Gasteiger partial charge on any atom is -0.357 e. The minimum atomic E-state index is 0.526. The lowest BCUT2D eigenvalue weighted by Crippen LogP contribution is -2.21. The van der Waals surface area contributed by atoms with Crippen molar-refractivity contribution in [1.82, 2.24) is 10.3 Å². The molecule has 0 bridgehead atoms. The van der Waals surface area contributed by atoms with Crippen molar-refractivity contribution in [3.8, 4) is 0 Å². The van der Waals surface area contributed by atoms with Crippen molar-refractivity contribution in [2.45, 2.75) is 33.4 Å². The van der Waals surface area contributed by atoms with Gasteiger partial charge in [0.25, 0.3) is 0 Å². The molecule has 1 aromatic carbocycles. The SMILES string of the molecule is Cc1ccc2cc(CNC(C)C)[nH]c2c1. The Labute approximate surface area is 90.7 Å². The van der Waals surface area contributed by atoms with Crippen molar-refractivity contribution in [1.29, 1.82) is 0 Å². The highest BCUT2D eigenvalue weighted by molar-refractivity contribution is 5.80. The number of H-pyrrole nitrogens is 1. The summed E-state index contributed by atoms with van der Waals surface area (Å²) in [5.74, 6) is 0. The van der Waals surface area contributed by atoms with Crippen LogP contribution in [-0.2, 0) is 6.54 Å². The summed E-state index contributed by atoms with van der Waals surface area (Å²) in [6, 6.07) is 9.24. The Balaban J connectivity index is 2.23. The number of fused-ring (bicyclic) bond motifs is 1. The van der Waals surface area contributed by atoms with Crippen molar-refractivity contribution in [3.63, 3.8) is 0 Å². The van der Waals surface area contributed by atoms with E-state index in [1.54, 1.807) is 0 Å². The largest absolute Gasteiger partial charge is 0.357 e. The van der Waals surface area contributed by atoms with Gasteiger partial charge in [-0.15, -0.1) is 0 Å². The first-order valence-corrected chi connectivity index (χ1v) is 5.47. The number of hydrogen-bond acceptors (Lipinski definition) is 1. The van der Waals surface area contributed by atoms with Gasteiger partial charge in [-0.05, 0) is 30.0 Å². The molecule has 2 heteroatoms. The number of hydrogen-bond donors (Lipinski definition) is 2. The molecule has 0 amide bonds. The molecule has 0 radical (unpaired) electrons. The van der Waals surface area contributed by atoms with E-state index in [9.17, 15) is 0 Å². The van der Waals surface area contributed by atoms with E-state index in [-0.39, 0.29) is 0 Å². The van der Waals surface area contributed by atoms with Crippen LogP contribution in [0.15, 0.2) is 24.3 Å². The van der Waals surface area contributed by atoms with E-state index >= 15 is 0 Å². The van der Waals surface area contributed by atoms with Crippen LogP contribution in [0.1, 0.15) is 25.1 Å². The smallest absolute Gasteiger partial charge is 0.0459 e. The van der Waals surface area contributed by atoms with Crippen LogP contribution in [0.5, 0.6) is 0 Å². The first-order valence-electron chi connectivity index (χ1n) is 5.47. The van der Waals surface area contributed by atoms with Gasteiger partial charge in [-0.1, -0.05) is 26.0 Å². The van der Waals surface area contributed by atoms with Gasteiger partial charge in [-0.3, -0.25) is 0 Å². The molecule has 0 saturated carbocycles. The molecule has 80 valence electrons. The van der Waals surface area contributed by atoms with Crippen LogP contribution in [0.4, 0.5) is 0 Å². The number of rotatable bonds is 3. The van der Waals surface area contributed by atoms with E-state index in [1.807, 2.05) is 0 Å². The van der Waals surface area contributed by atoms with E-state index in [1.165, 1.54) is 22.2 Å². The Kier molecular flexibility index (Phi) is 2.78. The number of aryl methyl sites for hydroxylation is 1. The van der Waals surface area contributed by atoms with Crippen LogP contribution in [0.2, 0.25) is 0 Å². The van der Waals surface area contributed by atoms with Gasteiger partial charge in [-0.25, -0.2) is 0 Å². The van der Waals surface area contributed by atoms with Gasteiger partial charge in [0, 0.05) is 23.8 Å². The number of nitrogens with one attached hydrogen (secondary N) is 2. The summed E-state index contributed by atoms with van der Waals surface area (Å²) >= 11 is 0. The van der Waals surface area contributed by atoms with Crippen molar-refractivity contribution in [2.75, 3.05) is 0 Å². The molecule has 0 aliphatic carbocycles. The van der Waals surface area contributed by atoms with Crippen molar-refractivity contribution in [3.05, 3.63) is 35.5 Å². The zero-order valence-corrected chi connectivity index (χ0v) is 9.59. The van der Waals surface area contributed by atoms with Gasteiger partial charge >= 0.3 is 0 Å². The second-order valence-corrected chi connectivity index (χ2v) is 4.42. The van der Waals surface area contributed by atoms with E-state index in [2.05, 4.69) is 55.3 Å². The average molecular weight is 202 g/mol. The van der Waals surface area contributed by atoms with Crippen molar-refractivity contribution >= 4 is 10.9 Å². The van der Waals surface area contributed by atoms with Gasteiger partial charge in [0.2, 0.25) is 0 Å². The maximum Gasteiger partial charge on any atom is 0.0459 e. The lowest BCUT2D eigenvalue weighted by molar-refractivity contribution is 0.583. The molecule has 2 N–H and O–H groups in total. The molecule has 1 aromatic heterocycles. The van der Waals surface area contributed by atoms with Crippen molar-refractivity contribution in [2.24, 2.45) is 0 Å². The molecule has 0 atom stereocenters. The second-order valence-electron chi connectivity index (χ2n) is 4.42. The highest BCUT2D eigenvalue weighted by Gasteiger charge is 2.01. The Hall–Kier alpha value is -1.28. The Bertz CT molecular complexity index is 455. The first kappa shape index (κ1) is 10.2. The molecule has 2 rings (SSSR count). The predicted octanol–water partition coefficient (Wildman–Crippen LogP) is 2.97. The van der Waals surface area contributed by atoms with Gasteiger partial charge < -0.3 is 10.3 Å². The maximum atomic E-state index is 3.43. The Morgan fingerprint density at radius 1 is 1.27 bits per heavy atom. The Morgan fingerprint density at radius 2 is 2.07 bits per heavy atom. The Morgan fingerprint density at radius 3 is 2.80 bits per heavy atom. The van der Waals surface area contributed by atoms with E-state index in [0.29, 0.717) is 6.04 Å². The van der Waals surface area contributed by atoms with Crippen LogP contribution in [-0.4, -0.2) is 11.0 Å². The van der Waals surface area contributed by atoms with Crippen LogP contribution in [0.25, 0.3) is 10.9 Å². The van der Waals surface area contributed by atoms with Crippen LogP contribution in [0.3, 0.4) is 0 Å². The highest BCUT2D eigenvalue weighted by Crippen LogP contribution is 2.16. The average Bonchev–Trinajstić information content (AvgIpc) is 2.56. The summed E-state index contributed by atoms with van der Waals surface area (Å²) in [4.78, 5) is 3.43. The quantitative estimate of drug-likeness (QED) is 0.786. The third kappa shape index (κ3) is 2.39. The standard InChI is InChI=1S/C13H18N2/c1-9(2)14-8-12-7-11-5-4-10(3)6-13(11)15-12/h4-7,9,14-15H,8H2,1-3H3. The van der Waals surface area contributed by atoms with Gasteiger partial charge in [-0.2, -0.15) is 0 Å². The molecule has 15 heavy (non-hydrogen) atoms. The number of aromatic amines is 1. The van der Waals surface area contributed by atoms with Crippen molar-refractivity contribution < 1.29 is 0 Å². The number of aromatic nitrogens is 1. The summed E-state index contributed by atoms with van der Waals surface area (Å²) in [6.07, 6.45) is 0. The maximum absolute atomic E-state index is 3.43. The zero-order chi connectivity index (χ0) is 10.8. The molecule has 0 aliphatic rings. The molecule has 0 unspecified atom stereocenters. The van der Waals surface area contributed by atoms with Gasteiger partial charge in [0.05, 0.1) is 0 Å². The summed E-state index contributed by atoms with van der Waals surface area (Å²) in [7, 11) is 0. The molecule has 0 spiro atoms. The van der Waals surface area contributed by atoms with E-state index in [0.717, 1.165) is 6.54 Å². The highest BCUT2D eigenvalue weighted by atomic mass is 14.9. The normalized spacial score (nSPS) is 11.5. The lowest BCUT2D eigenvalue weighted by Gasteiger charge is -2.05. The second kappa shape index (κ2) is 4.07. The third-order valence-electron chi connectivity index (χ3n) is 2.53. The van der Waals surface area contributed by atoms with E-state index in [4.69, 9.17) is 0 Å². The fraction of sp³-hybridized carbons (Fsp3) is 0.385. The monoisotopic (exact) mass is 202 g/mol. The molecule has 2 aromatic rings. The van der Waals surface area contributed by atoms with E-state index < -0.39 is 0 Å². The summed E-state index contributed by atoms with van der Waals surface area (Å²) in [6.45, 7) is 7.34. The lowest BCUT2D eigenvalue weighted by atomic mass is 10.2. The fourth-order valence-corrected chi connectivity index (χ4v) is 1.71. The zero-order valence-electron chi connectivity index (χ0n) is 9.59. The molecule has 1 heterocycles. The topological polar surface area (TPSA) is 27.8 Å².